The molecule has 2 aromatic rings. The quantitative estimate of drug-likeness (QED) is 0.720. The number of ether oxygens (including phenoxy) is 1. The molecule has 0 unspecified atom stereocenters. The van der Waals surface area contributed by atoms with E-state index in [4.69, 9.17) is 4.74 Å². The Morgan fingerprint density at radius 2 is 1.58 bits per heavy atom. The van der Waals surface area contributed by atoms with E-state index in [1.54, 1.807) is 0 Å². The minimum atomic E-state index is -0.242. The van der Waals surface area contributed by atoms with Crippen molar-refractivity contribution in [1.29, 1.82) is 0 Å². The summed E-state index contributed by atoms with van der Waals surface area (Å²) in [5.74, 6) is -0.242. The van der Waals surface area contributed by atoms with Crippen molar-refractivity contribution in [1.82, 2.24) is 0 Å². The molecule has 1 heterocycles. The smallest absolute Gasteiger partial charge is 0.339 e. The molecule has 0 saturated heterocycles. The molecule has 0 N–H and O–H groups in total. The highest BCUT2D eigenvalue weighted by molar-refractivity contribution is 6.02. The average molecular weight is 250 g/mol. The first-order valence-corrected chi connectivity index (χ1v) is 6.33. The fraction of sp³-hybridized carbons (Fsp3) is 0.118. The van der Waals surface area contributed by atoms with E-state index in [9.17, 15) is 4.79 Å². The van der Waals surface area contributed by atoms with Crippen LogP contribution in [0, 0.1) is 0 Å². The van der Waals surface area contributed by atoms with Gasteiger partial charge in [0, 0.05) is 5.57 Å². The van der Waals surface area contributed by atoms with Gasteiger partial charge in [-0.3, -0.25) is 0 Å². The van der Waals surface area contributed by atoms with Crippen molar-refractivity contribution in [2.24, 2.45) is 0 Å². The Morgan fingerprint density at radius 3 is 2.32 bits per heavy atom. The summed E-state index contributed by atoms with van der Waals surface area (Å²) >= 11 is 0. The van der Waals surface area contributed by atoms with Crippen LogP contribution in [0.15, 0.2) is 54.6 Å². The summed E-state index contributed by atoms with van der Waals surface area (Å²) in [6, 6.07) is 17.6. The fourth-order valence-corrected chi connectivity index (χ4v) is 2.34. The summed E-state index contributed by atoms with van der Waals surface area (Å²) in [7, 11) is 0. The molecule has 1 aliphatic rings. The van der Waals surface area contributed by atoms with Crippen LogP contribution < -0.4 is 0 Å². The second-order valence-corrected chi connectivity index (χ2v) is 4.60. The monoisotopic (exact) mass is 250 g/mol. The number of cyclic esters (lactones) is 1. The zero-order valence-corrected chi connectivity index (χ0v) is 10.7. The summed E-state index contributed by atoms with van der Waals surface area (Å²) in [4.78, 5) is 11.8. The lowest BCUT2D eigenvalue weighted by Crippen LogP contribution is -2.24. The zero-order chi connectivity index (χ0) is 13.2. The van der Waals surface area contributed by atoms with Crippen molar-refractivity contribution < 1.29 is 9.53 Å². The van der Waals surface area contributed by atoms with Gasteiger partial charge in [0.15, 0.2) is 0 Å². The first-order valence-electron chi connectivity index (χ1n) is 6.33. The van der Waals surface area contributed by atoms with Crippen LogP contribution >= 0.6 is 0 Å². The minimum Gasteiger partial charge on any atom is -0.454 e. The summed E-state index contributed by atoms with van der Waals surface area (Å²) in [5, 5.41) is 0. The average Bonchev–Trinajstić information content (AvgIpc) is 2.45. The molecule has 0 amide bonds. The third kappa shape index (κ3) is 2.17. The molecule has 1 aliphatic heterocycles. The first-order chi connectivity index (χ1) is 9.25. The zero-order valence-electron chi connectivity index (χ0n) is 10.7. The van der Waals surface area contributed by atoms with Crippen LogP contribution in [0.4, 0.5) is 0 Å². The van der Waals surface area contributed by atoms with E-state index >= 15 is 0 Å². The molecule has 0 fully saturated rings. The highest BCUT2D eigenvalue weighted by Gasteiger charge is 2.27. The van der Waals surface area contributed by atoms with Crippen LogP contribution in [-0.2, 0) is 4.74 Å². The molecule has 0 bridgehead atoms. The number of benzene rings is 2. The van der Waals surface area contributed by atoms with Gasteiger partial charge in [0.05, 0.1) is 5.56 Å². The van der Waals surface area contributed by atoms with Crippen molar-refractivity contribution >= 4 is 17.6 Å². The van der Waals surface area contributed by atoms with Crippen LogP contribution in [0.5, 0.6) is 0 Å². The molecular formula is C17H14O2. The summed E-state index contributed by atoms with van der Waals surface area (Å²) in [5.41, 5.74) is 3.76. The van der Waals surface area contributed by atoms with Crippen molar-refractivity contribution in [2.45, 2.75) is 13.0 Å². The maximum Gasteiger partial charge on any atom is 0.339 e. The van der Waals surface area contributed by atoms with Crippen molar-refractivity contribution in [3.05, 3.63) is 71.3 Å². The molecule has 0 saturated carbocycles. The van der Waals surface area contributed by atoms with Crippen LogP contribution in [0.2, 0.25) is 0 Å². The maximum atomic E-state index is 11.8. The van der Waals surface area contributed by atoms with Gasteiger partial charge >= 0.3 is 5.97 Å². The predicted molar refractivity (Wildman–Crippen MR) is 75.6 cm³/mol. The first kappa shape index (κ1) is 11.7. The minimum absolute atomic E-state index is 0.220. The number of carbonyl (C=O) groups is 1. The summed E-state index contributed by atoms with van der Waals surface area (Å²) in [6.45, 7) is 1.91. The molecule has 0 aromatic heterocycles. The van der Waals surface area contributed by atoms with Crippen LogP contribution in [0.25, 0.3) is 11.6 Å². The normalized spacial score (nSPS) is 19.9. The second-order valence-electron chi connectivity index (χ2n) is 4.60. The molecular weight excluding hydrogens is 236 g/mol. The highest BCUT2D eigenvalue weighted by Crippen LogP contribution is 2.31. The van der Waals surface area contributed by atoms with Gasteiger partial charge in [0.25, 0.3) is 0 Å². The summed E-state index contributed by atoms with van der Waals surface area (Å²) in [6.07, 6.45) is 1.86. The second kappa shape index (κ2) is 4.73. The molecule has 0 radical (unpaired) electrons. The van der Waals surface area contributed by atoms with Crippen LogP contribution in [0.3, 0.4) is 0 Å². The van der Waals surface area contributed by atoms with E-state index in [0.717, 1.165) is 16.7 Å². The lowest BCUT2D eigenvalue weighted by atomic mass is 9.92. The SMILES string of the molecule is C[C@H]1OC(=O)c2ccccc2/C1=C/c1ccccc1. The number of hydrogen-bond donors (Lipinski definition) is 0. The predicted octanol–water partition coefficient (Wildman–Crippen LogP) is 3.79. The van der Waals surface area contributed by atoms with Gasteiger partial charge in [0.2, 0.25) is 0 Å². The molecule has 94 valence electrons. The van der Waals surface area contributed by atoms with Crippen LogP contribution in [-0.4, -0.2) is 12.1 Å². The Morgan fingerprint density at radius 1 is 0.947 bits per heavy atom. The Hall–Kier alpha value is -2.35. The van der Waals surface area contributed by atoms with E-state index in [-0.39, 0.29) is 12.1 Å². The van der Waals surface area contributed by atoms with Gasteiger partial charge in [-0.1, -0.05) is 48.5 Å². The number of esters is 1. The van der Waals surface area contributed by atoms with Gasteiger partial charge < -0.3 is 4.74 Å². The fourth-order valence-electron chi connectivity index (χ4n) is 2.34. The van der Waals surface area contributed by atoms with E-state index < -0.39 is 0 Å². The van der Waals surface area contributed by atoms with Crippen molar-refractivity contribution in [3.8, 4) is 0 Å². The van der Waals surface area contributed by atoms with Crippen LogP contribution in [0.1, 0.15) is 28.4 Å². The Balaban J connectivity index is 2.13. The van der Waals surface area contributed by atoms with E-state index in [0.29, 0.717) is 5.56 Å². The molecule has 0 spiro atoms. The summed E-state index contributed by atoms with van der Waals surface area (Å²) < 4.78 is 5.39. The van der Waals surface area contributed by atoms with E-state index in [1.807, 2.05) is 61.5 Å². The largest absolute Gasteiger partial charge is 0.454 e. The molecule has 2 nitrogen and oxygen atoms in total. The van der Waals surface area contributed by atoms with E-state index in [2.05, 4.69) is 6.08 Å². The number of fused-ring (bicyclic) bond motifs is 1. The third-order valence-electron chi connectivity index (χ3n) is 3.30. The lowest BCUT2D eigenvalue weighted by molar-refractivity contribution is 0.0421. The van der Waals surface area contributed by atoms with Crippen molar-refractivity contribution in [3.63, 3.8) is 0 Å². The topological polar surface area (TPSA) is 26.3 Å². The molecule has 19 heavy (non-hydrogen) atoms. The van der Waals surface area contributed by atoms with Gasteiger partial charge in [-0.25, -0.2) is 4.79 Å². The number of hydrogen-bond acceptors (Lipinski definition) is 2. The lowest BCUT2D eigenvalue weighted by Gasteiger charge is -2.25. The van der Waals surface area contributed by atoms with Gasteiger partial charge in [-0.05, 0) is 30.2 Å². The standard InChI is InChI=1S/C17H14O2/c1-12-16(11-13-7-3-2-4-8-13)14-9-5-6-10-15(14)17(18)19-12/h2-12H,1H3/b16-11+/t12-/m1/s1. The highest BCUT2D eigenvalue weighted by atomic mass is 16.5. The molecule has 0 aliphatic carbocycles. The maximum absolute atomic E-state index is 11.8. The van der Waals surface area contributed by atoms with Crippen molar-refractivity contribution in [2.75, 3.05) is 0 Å². The Bertz CT molecular complexity index is 641. The van der Waals surface area contributed by atoms with Gasteiger partial charge in [-0.15, -0.1) is 0 Å². The number of rotatable bonds is 1. The van der Waals surface area contributed by atoms with Gasteiger partial charge in [-0.2, -0.15) is 0 Å². The Kier molecular flexibility index (Phi) is 2.92. The Labute approximate surface area is 112 Å². The molecule has 1 atom stereocenters. The molecule has 2 heteroatoms. The molecule has 2 aromatic carbocycles. The molecule has 3 rings (SSSR count). The number of carbonyl (C=O) groups excluding carboxylic acids is 1. The van der Waals surface area contributed by atoms with E-state index in [1.165, 1.54) is 0 Å². The third-order valence-corrected chi connectivity index (χ3v) is 3.30. The van der Waals surface area contributed by atoms with Gasteiger partial charge in [0.1, 0.15) is 6.10 Å².